The molecule has 0 saturated heterocycles. The second-order valence-electron chi connectivity index (χ2n) is 6.90. The minimum absolute atomic E-state index is 0.0604. The van der Waals surface area contributed by atoms with Gasteiger partial charge in [-0.25, -0.2) is 0 Å². The maximum Gasteiger partial charge on any atom is 0.279 e. The number of nitro benzene ring substituents is 1. The number of carbonyl (C=O) groups is 1. The van der Waals surface area contributed by atoms with E-state index in [1.165, 1.54) is 30.5 Å². The molecule has 1 aromatic heterocycles. The number of nitrogens with zero attached hydrogens (tertiary/aromatic N) is 2. The van der Waals surface area contributed by atoms with Gasteiger partial charge in [0, 0.05) is 24.2 Å². The lowest BCUT2D eigenvalue weighted by atomic mass is 9.94. The molecular weight excluding hydrogens is 402 g/mol. The Bertz CT molecular complexity index is 1130. The number of hydrogen-bond acceptors (Lipinski definition) is 7. The van der Waals surface area contributed by atoms with Gasteiger partial charge in [-0.1, -0.05) is 13.0 Å². The summed E-state index contributed by atoms with van der Waals surface area (Å²) in [5.41, 5.74) is 0.417. The molecule has 1 heterocycles. The van der Waals surface area contributed by atoms with Gasteiger partial charge >= 0.3 is 0 Å². The summed E-state index contributed by atoms with van der Waals surface area (Å²) >= 11 is 0. The van der Waals surface area contributed by atoms with E-state index in [1.54, 1.807) is 19.1 Å². The van der Waals surface area contributed by atoms with Crippen molar-refractivity contribution in [3.8, 4) is 17.2 Å². The Morgan fingerprint density at radius 3 is 2.71 bits per heavy atom. The number of nitro groups is 1. The van der Waals surface area contributed by atoms with Crippen LogP contribution in [0.5, 0.6) is 17.2 Å². The summed E-state index contributed by atoms with van der Waals surface area (Å²) in [4.78, 5) is 27.7. The first-order valence-electron chi connectivity index (χ1n) is 9.87. The zero-order chi connectivity index (χ0) is 22.5. The van der Waals surface area contributed by atoms with E-state index in [9.17, 15) is 25.1 Å². The van der Waals surface area contributed by atoms with E-state index in [0.29, 0.717) is 18.6 Å². The molecule has 0 aliphatic carbocycles. The molecule has 3 N–H and O–H groups in total. The number of aromatic hydroxyl groups is 2. The molecule has 0 aliphatic rings. The summed E-state index contributed by atoms with van der Waals surface area (Å²) < 4.78 is 5.43. The number of non-ortho nitro benzene ring substituents is 1. The molecule has 0 bridgehead atoms. The number of nitrogens with one attached hydrogen (secondary N) is 1. The number of ether oxygens (including phenoxy) is 1. The summed E-state index contributed by atoms with van der Waals surface area (Å²) in [7, 11) is 0. The van der Waals surface area contributed by atoms with E-state index >= 15 is 0 Å². The molecule has 0 spiro atoms. The van der Waals surface area contributed by atoms with Crippen LogP contribution in [-0.4, -0.2) is 32.6 Å². The van der Waals surface area contributed by atoms with Gasteiger partial charge in [0.05, 0.1) is 23.0 Å². The molecule has 0 fully saturated rings. The molecule has 3 aromatic rings. The predicted octanol–water partition coefficient (Wildman–Crippen LogP) is 3.96. The van der Waals surface area contributed by atoms with Crippen molar-refractivity contribution in [1.29, 1.82) is 0 Å². The highest BCUT2D eigenvalue weighted by molar-refractivity contribution is 5.94. The van der Waals surface area contributed by atoms with Crippen molar-refractivity contribution in [2.45, 2.75) is 32.7 Å². The van der Waals surface area contributed by atoms with Crippen molar-refractivity contribution in [2.75, 3.05) is 6.61 Å². The van der Waals surface area contributed by atoms with Crippen LogP contribution in [0.1, 0.15) is 43.9 Å². The molecule has 0 radical (unpaired) electrons. The summed E-state index contributed by atoms with van der Waals surface area (Å²) in [6, 6.07) is 7.86. The minimum Gasteiger partial charge on any atom is -0.505 e. The van der Waals surface area contributed by atoms with Crippen LogP contribution in [0.15, 0.2) is 42.6 Å². The number of phenolic OH excluding ortho intramolecular Hbond substituents is 2. The first-order valence-corrected chi connectivity index (χ1v) is 9.87. The van der Waals surface area contributed by atoms with Crippen molar-refractivity contribution in [2.24, 2.45) is 0 Å². The SMILES string of the molecule is CCCC(=O)NC(c1ccc(O)c(OCC)c1)c1cc([N+](=O)[O-])c2cccnc2c1O. The molecule has 1 unspecified atom stereocenters. The Balaban J connectivity index is 2.24. The molecule has 1 atom stereocenters. The van der Waals surface area contributed by atoms with Gasteiger partial charge in [0.25, 0.3) is 5.69 Å². The summed E-state index contributed by atoms with van der Waals surface area (Å²) in [5, 5.41) is 35.7. The molecule has 0 aliphatic heterocycles. The Morgan fingerprint density at radius 1 is 1.26 bits per heavy atom. The third-order valence-electron chi connectivity index (χ3n) is 4.78. The summed E-state index contributed by atoms with van der Waals surface area (Å²) in [6.07, 6.45) is 2.26. The van der Waals surface area contributed by atoms with Gasteiger partial charge in [0.15, 0.2) is 11.5 Å². The number of rotatable bonds is 8. The number of hydrogen-bond donors (Lipinski definition) is 3. The zero-order valence-electron chi connectivity index (χ0n) is 17.2. The summed E-state index contributed by atoms with van der Waals surface area (Å²) in [6.45, 7) is 3.92. The number of phenols is 2. The Labute approximate surface area is 178 Å². The van der Waals surface area contributed by atoms with Gasteiger partial charge in [0.1, 0.15) is 11.3 Å². The average molecular weight is 425 g/mol. The van der Waals surface area contributed by atoms with E-state index in [0.717, 1.165) is 0 Å². The maximum absolute atomic E-state index is 12.4. The minimum atomic E-state index is -0.927. The van der Waals surface area contributed by atoms with Gasteiger partial charge in [-0.05, 0) is 43.2 Å². The van der Waals surface area contributed by atoms with Crippen molar-refractivity contribution < 1.29 is 24.7 Å². The Kier molecular flexibility index (Phi) is 6.54. The number of benzene rings is 2. The first-order chi connectivity index (χ1) is 14.9. The molecule has 9 nitrogen and oxygen atoms in total. The van der Waals surface area contributed by atoms with Crippen LogP contribution in [0.25, 0.3) is 10.9 Å². The lowest BCUT2D eigenvalue weighted by Gasteiger charge is -2.22. The fourth-order valence-corrected chi connectivity index (χ4v) is 3.38. The van der Waals surface area contributed by atoms with Gasteiger partial charge in [-0.3, -0.25) is 19.9 Å². The van der Waals surface area contributed by atoms with Crippen LogP contribution in [0.3, 0.4) is 0 Å². The van der Waals surface area contributed by atoms with E-state index < -0.39 is 11.0 Å². The molecule has 31 heavy (non-hydrogen) atoms. The molecule has 0 saturated carbocycles. The third kappa shape index (κ3) is 4.50. The van der Waals surface area contributed by atoms with Crippen LogP contribution in [0.2, 0.25) is 0 Å². The molecule has 2 aromatic carbocycles. The van der Waals surface area contributed by atoms with Gasteiger partial charge in [-0.2, -0.15) is 0 Å². The zero-order valence-corrected chi connectivity index (χ0v) is 17.2. The molecule has 162 valence electrons. The molecule has 1 amide bonds. The highest BCUT2D eigenvalue weighted by Gasteiger charge is 2.27. The number of fused-ring (bicyclic) bond motifs is 1. The van der Waals surface area contributed by atoms with Crippen LogP contribution in [0, 0.1) is 10.1 Å². The van der Waals surface area contributed by atoms with Gasteiger partial charge < -0.3 is 20.3 Å². The number of amides is 1. The van der Waals surface area contributed by atoms with Crippen LogP contribution >= 0.6 is 0 Å². The van der Waals surface area contributed by atoms with Crippen LogP contribution in [0.4, 0.5) is 5.69 Å². The van der Waals surface area contributed by atoms with E-state index in [-0.39, 0.29) is 51.7 Å². The second kappa shape index (κ2) is 9.29. The van der Waals surface area contributed by atoms with Gasteiger partial charge in [-0.15, -0.1) is 0 Å². The summed E-state index contributed by atoms with van der Waals surface area (Å²) in [5.74, 6) is -0.446. The van der Waals surface area contributed by atoms with E-state index in [4.69, 9.17) is 4.74 Å². The second-order valence-corrected chi connectivity index (χ2v) is 6.90. The fourth-order valence-electron chi connectivity index (χ4n) is 3.38. The van der Waals surface area contributed by atoms with Crippen molar-refractivity contribution >= 4 is 22.5 Å². The lowest BCUT2D eigenvalue weighted by Crippen LogP contribution is -2.29. The largest absolute Gasteiger partial charge is 0.505 e. The highest BCUT2D eigenvalue weighted by Crippen LogP contribution is 2.41. The fraction of sp³-hybridized carbons (Fsp3) is 0.273. The van der Waals surface area contributed by atoms with Gasteiger partial charge in [0.2, 0.25) is 5.91 Å². The normalized spacial score (nSPS) is 11.8. The molecule has 9 heteroatoms. The lowest BCUT2D eigenvalue weighted by molar-refractivity contribution is -0.383. The van der Waals surface area contributed by atoms with Crippen molar-refractivity contribution in [3.05, 3.63) is 63.8 Å². The standard InChI is InChI=1S/C22H23N3O6/c1-3-6-19(27)24-20(13-8-9-17(26)18(11-13)31-4-2)15-12-16(25(29)30)14-7-5-10-23-21(14)22(15)28/h5,7-12,20,26,28H,3-4,6H2,1-2H3,(H,24,27). The van der Waals surface area contributed by atoms with E-state index in [1.807, 2.05) is 6.92 Å². The first kappa shape index (κ1) is 21.8. The quantitative estimate of drug-likeness (QED) is 0.367. The number of aromatic nitrogens is 1. The third-order valence-corrected chi connectivity index (χ3v) is 4.78. The van der Waals surface area contributed by atoms with Crippen molar-refractivity contribution in [1.82, 2.24) is 10.3 Å². The van der Waals surface area contributed by atoms with Crippen molar-refractivity contribution in [3.63, 3.8) is 0 Å². The molecular formula is C22H23N3O6. The Hall–Kier alpha value is -3.88. The predicted molar refractivity (Wildman–Crippen MR) is 114 cm³/mol. The Morgan fingerprint density at radius 2 is 2.03 bits per heavy atom. The highest BCUT2D eigenvalue weighted by atomic mass is 16.6. The van der Waals surface area contributed by atoms with Crippen LogP contribution in [-0.2, 0) is 4.79 Å². The van der Waals surface area contributed by atoms with Crippen LogP contribution < -0.4 is 10.1 Å². The smallest absolute Gasteiger partial charge is 0.279 e. The molecule has 3 rings (SSSR count). The van der Waals surface area contributed by atoms with E-state index in [2.05, 4.69) is 10.3 Å². The number of pyridine rings is 1. The number of carbonyl (C=O) groups excluding carboxylic acids is 1. The topological polar surface area (TPSA) is 135 Å². The monoisotopic (exact) mass is 425 g/mol. The maximum atomic E-state index is 12.4. The average Bonchev–Trinajstić information content (AvgIpc) is 2.74.